The van der Waals surface area contributed by atoms with Crippen molar-refractivity contribution in [3.8, 4) is 0 Å². The summed E-state index contributed by atoms with van der Waals surface area (Å²) in [4.78, 5) is 21.3. The fourth-order valence-electron chi connectivity index (χ4n) is 5.84. The quantitative estimate of drug-likeness (QED) is 0.129. The summed E-state index contributed by atoms with van der Waals surface area (Å²) in [7, 11) is 0. The largest absolute Gasteiger partial charge is 0.383 e. The first kappa shape index (κ1) is 43.0. The van der Waals surface area contributed by atoms with Crippen molar-refractivity contribution in [2.24, 2.45) is 21.5 Å². The summed E-state index contributed by atoms with van der Waals surface area (Å²) in [6.45, 7) is 6.71. The molecule has 2 aliphatic rings. The van der Waals surface area contributed by atoms with Crippen LogP contribution >= 0.6 is 15.9 Å². The van der Waals surface area contributed by atoms with Gasteiger partial charge in [-0.25, -0.2) is 4.39 Å². The average molecular weight is 814 g/mol. The van der Waals surface area contributed by atoms with Crippen LogP contribution in [0.4, 0.5) is 15.8 Å². The molecule has 288 valence electrons. The summed E-state index contributed by atoms with van der Waals surface area (Å²) in [6, 6.07) is 48.2. The molecule has 0 atom stereocenters. The fraction of sp³-hybridized carbons (Fsp3) is 0.170. The highest BCUT2D eigenvalue weighted by molar-refractivity contribution is 9.10. The maximum absolute atomic E-state index is 13.3. The smallest absolute Gasteiger partial charge is 0.195 e. The third-order valence-electron chi connectivity index (χ3n) is 8.48. The zero-order valence-electron chi connectivity index (χ0n) is 30.9. The zero-order chi connectivity index (χ0) is 38.8. The number of aryl methyl sites for hydroxylation is 1. The molecule has 0 saturated carbocycles. The number of hydrogen-bond donors (Lipinski definition) is 4. The molecule has 0 amide bonds. The summed E-state index contributed by atoms with van der Waals surface area (Å²) in [5.74, 6) is -0.764. The Morgan fingerprint density at radius 2 is 1.11 bits per heavy atom. The van der Waals surface area contributed by atoms with E-state index in [2.05, 4.69) is 106 Å². The Bertz CT molecular complexity index is 2080. The highest BCUT2D eigenvalue weighted by Crippen LogP contribution is 2.26. The molecule has 0 aromatic heterocycles. The van der Waals surface area contributed by atoms with Crippen LogP contribution in [0.15, 0.2) is 166 Å². The molecule has 6 N–H and O–H groups in total. The van der Waals surface area contributed by atoms with Gasteiger partial charge < -0.3 is 22.1 Å². The van der Waals surface area contributed by atoms with Crippen molar-refractivity contribution in [2.45, 2.75) is 14.4 Å². The normalized spacial score (nSPS) is 12.3. The third-order valence-corrected chi connectivity index (χ3v) is 8.97. The number of rotatable bonds is 5. The van der Waals surface area contributed by atoms with Gasteiger partial charge in [0.15, 0.2) is 5.78 Å². The average Bonchev–Trinajstić information content (AvgIpc) is 3.58. The second kappa shape index (κ2) is 22.6. The van der Waals surface area contributed by atoms with E-state index in [1.165, 1.54) is 40.1 Å². The Labute approximate surface area is 339 Å². The molecule has 0 spiro atoms. The lowest BCUT2D eigenvalue weighted by atomic mass is 9.99. The highest BCUT2D eigenvalue weighted by atomic mass is 79.9. The molecule has 2 heterocycles. The molecule has 6 aromatic carbocycles. The molecule has 0 saturated heterocycles. The molecule has 2 aliphatic heterocycles. The van der Waals surface area contributed by atoms with E-state index in [9.17, 15) is 9.18 Å². The van der Waals surface area contributed by atoms with E-state index in [0.717, 1.165) is 53.3 Å². The predicted octanol–water partition coefficient (Wildman–Crippen LogP) is 9.57. The summed E-state index contributed by atoms with van der Waals surface area (Å²) in [5.41, 5.74) is 20.9. The van der Waals surface area contributed by atoms with Gasteiger partial charge in [0, 0.05) is 69.8 Å². The maximum atomic E-state index is 13.3. The Morgan fingerprint density at radius 1 is 0.643 bits per heavy atom. The zero-order valence-corrected chi connectivity index (χ0v) is 32.5. The lowest BCUT2D eigenvalue weighted by Gasteiger charge is -2.11. The van der Waals surface area contributed by atoms with Crippen molar-refractivity contribution in [1.82, 2.24) is 0 Å². The number of nitrogens with zero attached hydrogens (tertiary/aromatic N) is 2. The lowest BCUT2D eigenvalue weighted by molar-refractivity contribution is 0.103. The van der Waals surface area contributed by atoms with Gasteiger partial charge in [-0.3, -0.25) is 14.8 Å². The first-order chi connectivity index (χ1) is 26.9. The molecule has 56 heavy (non-hydrogen) atoms. The predicted molar refractivity (Wildman–Crippen MR) is 237 cm³/mol. The van der Waals surface area contributed by atoms with Crippen LogP contribution in [0.1, 0.15) is 51.2 Å². The van der Waals surface area contributed by atoms with Gasteiger partial charge in [0.25, 0.3) is 0 Å². The molecule has 0 bridgehead atoms. The number of halogens is 2. The van der Waals surface area contributed by atoms with Crippen molar-refractivity contribution >= 4 is 44.5 Å². The van der Waals surface area contributed by atoms with Gasteiger partial charge in [-0.15, -0.1) is 0 Å². The van der Waals surface area contributed by atoms with E-state index in [0.29, 0.717) is 18.7 Å². The van der Waals surface area contributed by atoms with Crippen LogP contribution in [0.2, 0.25) is 0 Å². The number of carbonyl (C=O) groups is 1. The number of nitrogens with one attached hydrogen (secondary N) is 2. The number of ketones is 1. The van der Waals surface area contributed by atoms with Crippen LogP contribution in [0.3, 0.4) is 0 Å². The molecule has 0 aliphatic carbocycles. The van der Waals surface area contributed by atoms with Gasteiger partial charge in [-0.05, 0) is 49.4 Å². The Morgan fingerprint density at radius 3 is 1.62 bits per heavy atom. The van der Waals surface area contributed by atoms with E-state index in [1.54, 1.807) is 36.4 Å². The monoisotopic (exact) mass is 812 g/mol. The van der Waals surface area contributed by atoms with E-state index >= 15 is 0 Å². The van der Waals surface area contributed by atoms with Crippen molar-refractivity contribution < 1.29 is 9.18 Å². The topological polar surface area (TPSA) is 118 Å². The molecule has 7 nitrogen and oxygen atoms in total. The number of aliphatic imine (C=N–C) groups is 2. The summed E-state index contributed by atoms with van der Waals surface area (Å²) < 4.78 is 14.4. The van der Waals surface area contributed by atoms with Gasteiger partial charge in [0.1, 0.15) is 5.82 Å². The molecule has 0 unspecified atom stereocenters. The first-order valence-electron chi connectivity index (χ1n) is 18.2. The van der Waals surface area contributed by atoms with Gasteiger partial charge in [-0.2, -0.15) is 0 Å². The summed E-state index contributed by atoms with van der Waals surface area (Å²) >= 11 is 3.53. The van der Waals surface area contributed by atoms with E-state index < -0.39 is 5.82 Å². The number of carbonyl (C=O) groups excluding carboxylic acids is 1. The maximum Gasteiger partial charge on any atom is 0.195 e. The van der Waals surface area contributed by atoms with Crippen molar-refractivity contribution in [3.63, 3.8) is 0 Å². The molecular formula is C47H50BrFN6O. The fourth-order valence-corrected chi connectivity index (χ4v) is 6.20. The SMILES string of the molecule is Brc1ccc2c(c1)C(c1ccccc1)=NCCN2.C.Cc1ccc2c(c1)C(c1ccccc1)=NCCN2.NCCN.O=C(c1ccccc1)c1ccccc1F. The molecular weight excluding hydrogens is 763 g/mol. The second-order valence-corrected chi connectivity index (χ2v) is 13.5. The van der Waals surface area contributed by atoms with Crippen LogP contribution in [-0.2, 0) is 0 Å². The minimum absolute atomic E-state index is 0. The van der Waals surface area contributed by atoms with Crippen molar-refractivity contribution in [3.05, 3.63) is 201 Å². The minimum Gasteiger partial charge on any atom is -0.383 e. The second-order valence-electron chi connectivity index (χ2n) is 12.5. The van der Waals surface area contributed by atoms with E-state index in [-0.39, 0.29) is 18.8 Å². The van der Waals surface area contributed by atoms with Gasteiger partial charge in [-0.1, -0.05) is 138 Å². The Balaban J connectivity index is 0.000000177. The standard InChI is InChI=1S/C16H16N2.C15H13BrN2.C13H9FO.C2H8N2.CH4/c1-12-7-8-15-14(11-12)16(18-10-9-17-15)13-5-3-2-4-6-13;16-12-6-7-14-13(10-12)15(18-9-8-17-14)11-4-2-1-3-5-11;14-12-9-5-4-8-11(12)13(15)10-6-2-1-3-7-10;3-1-2-4;/h2-8,11,17H,9-10H2,1H3;1-7,10,17H,8-9H2;1-9H;1-4H2;1H4. The van der Waals surface area contributed by atoms with Crippen molar-refractivity contribution in [2.75, 3.05) is 49.9 Å². The number of benzene rings is 6. The molecule has 0 fully saturated rings. The summed E-state index contributed by atoms with van der Waals surface area (Å²) in [5, 5.41) is 6.85. The number of fused-ring (bicyclic) bond motifs is 2. The lowest BCUT2D eigenvalue weighted by Crippen LogP contribution is -2.11. The number of anilines is 2. The molecule has 0 radical (unpaired) electrons. The van der Waals surface area contributed by atoms with Crippen LogP contribution in [0.25, 0.3) is 0 Å². The molecule has 9 heteroatoms. The van der Waals surface area contributed by atoms with Gasteiger partial charge >= 0.3 is 0 Å². The number of nitrogens with two attached hydrogens (primary N) is 2. The first-order valence-corrected chi connectivity index (χ1v) is 19.0. The van der Waals surface area contributed by atoms with Gasteiger partial charge in [0.05, 0.1) is 30.1 Å². The summed E-state index contributed by atoms with van der Waals surface area (Å²) in [6.07, 6.45) is 0. The van der Waals surface area contributed by atoms with Crippen LogP contribution in [-0.4, -0.2) is 56.5 Å². The molecule has 6 aromatic rings. The van der Waals surface area contributed by atoms with Gasteiger partial charge in [0.2, 0.25) is 0 Å². The molecule has 8 rings (SSSR count). The van der Waals surface area contributed by atoms with Crippen LogP contribution < -0.4 is 22.1 Å². The van der Waals surface area contributed by atoms with E-state index in [1.807, 2.05) is 30.3 Å². The van der Waals surface area contributed by atoms with E-state index in [4.69, 9.17) is 21.5 Å². The Hall–Kier alpha value is -5.74. The number of benzodiazepines with no additional fused rings is 2. The van der Waals surface area contributed by atoms with Crippen LogP contribution in [0, 0.1) is 12.7 Å². The number of hydrogen-bond acceptors (Lipinski definition) is 7. The third kappa shape index (κ3) is 12.1. The van der Waals surface area contributed by atoms with Crippen LogP contribution in [0.5, 0.6) is 0 Å². The highest BCUT2D eigenvalue weighted by Gasteiger charge is 2.16. The van der Waals surface area contributed by atoms with Crippen molar-refractivity contribution in [1.29, 1.82) is 0 Å². The Kier molecular flexibility index (Phi) is 17.3. The minimum atomic E-state index is -0.480.